The third-order valence-electron chi connectivity index (χ3n) is 3.48. The van der Waals surface area contributed by atoms with E-state index in [1.165, 1.54) is 7.11 Å². The number of hydrogen-bond acceptors (Lipinski definition) is 6. The Bertz CT molecular complexity index is 784. The van der Waals surface area contributed by atoms with E-state index in [2.05, 4.69) is 5.32 Å². The predicted octanol–water partition coefficient (Wildman–Crippen LogP) is 2.54. The van der Waals surface area contributed by atoms with E-state index in [4.69, 9.17) is 24.2 Å². The van der Waals surface area contributed by atoms with Gasteiger partial charge in [0.2, 0.25) is 0 Å². The van der Waals surface area contributed by atoms with Gasteiger partial charge in [0.25, 0.3) is 5.91 Å². The smallest absolute Gasteiger partial charge is 0.258 e. The first-order valence-corrected chi connectivity index (χ1v) is 8.49. The molecular weight excluding hydrogens is 348 g/mol. The molecule has 2 aromatic carbocycles. The lowest BCUT2D eigenvalue weighted by Crippen LogP contribution is -2.32. The number of carbonyl (C=O) groups is 1. The molecule has 0 unspecified atom stereocenters. The summed E-state index contributed by atoms with van der Waals surface area (Å²) in [5.41, 5.74) is 0.454. The zero-order valence-corrected chi connectivity index (χ0v) is 15.4. The molecule has 0 aliphatic rings. The molecule has 2 aromatic rings. The SMILES string of the molecule is CCOc1ccc(OCCNC(=O)COc2ccc(C#N)cc2OC)cc1. The average Bonchev–Trinajstić information content (AvgIpc) is 2.71. The summed E-state index contributed by atoms with van der Waals surface area (Å²) in [7, 11) is 1.47. The van der Waals surface area contributed by atoms with Crippen LogP contribution in [0, 0.1) is 11.3 Å². The Morgan fingerprint density at radius 2 is 1.74 bits per heavy atom. The van der Waals surface area contributed by atoms with E-state index >= 15 is 0 Å². The van der Waals surface area contributed by atoms with Crippen molar-refractivity contribution in [2.45, 2.75) is 6.92 Å². The van der Waals surface area contributed by atoms with Crippen LogP contribution in [0.4, 0.5) is 0 Å². The summed E-state index contributed by atoms with van der Waals surface area (Å²) in [5, 5.41) is 11.6. The molecule has 0 aliphatic heterocycles. The molecule has 1 N–H and O–H groups in total. The number of carbonyl (C=O) groups excluding carboxylic acids is 1. The van der Waals surface area contributed by atoms with Crippen molar-refractivity contribution in [2.24, 2.45) is 0 Å². The number of nitrogens with one attached hydrogen (secondary N) is 1. The van der Waals surface area contributed by atoms with Crippen LogP contribution in [-0.4, -0.2) is 39.4 Å². The molecule has 1 amide bonds. The van der Waals surface area contributed by atoms with E-state index in [1.807, 2.05) is 37.3 Å². The van der Waals surface area contributed by atoms with Crippen LogP contribution in [-0.2, 0) is 4.79 Å². The Balaban J connectivity index is 1.70. The predicted molar refractivity (Wildman–Crippen MR) is 99.3 cm³/mol. The number of amides is 1. The molecule has 2 rings (SSSR count). The van der Waals surface area contributed by atoms with Gasteiger partial charge in [0.1, 0.15) is 18.1 Å². The number of nitrogens with zero attached hydrogens (tertiary/aromatic N) is 1. The maximum atomic E-state index is 11.9. The van der Waals surface area contributed by atoms with Gasteiger partial charge in [-0.15, -0.1) is 0 Å². The molecule has 27 heavy (non-hydrogen) atoms. The molecule has 7 nitrogen and oxygen atoms in total. The molecule has 0 radical (unpaired) electrons. The Kier molecular flexibility index (Phi) is 7.79. The van der Waals surface area contributed by atoms with Crippen molar-refractivity contribution in [3.63, 3.8) is 0 Å². The van der Waals surface area contributed by atoms with Gasteiger partial charge in [0.15, 0.2) is 18.1 Å². The van der Waals surface area contributed by atoms with Gasteiger partial charge in [-0.2, -0.15) is 5.26 Å². The van der Waals surface area contributed by atoms with Crippen LogP contribution < -0.4 is 24.3 Å². The minimum Gasteiger partial charge on any atom is -0.494 e. The molecule has 0 saturated carbocycles. The third kappa shape index (κ3) is 6.44. The van der Waals surface area contributed by atoms with Crippen LogP contribution in [0.3, 0.4) is 0 Å². The van der Waals surface area contributed by atoms with E-state index in [0.717, 1.165) is 5.75 Å². The highest BCUT2D eigenvalue weighted by atomic mass is 16.5. The van der Waals surface area contributed by atoms with Crippen molar-refractivity contribution in [1.29, 1.82) is 5.26 Å². The maximum Gasteiger partial charge on any atom is 0.258 e. The Hall–Kier alpha value is -3.40. The molecule has 0 heterocycles. The number of rotatable bonds is 10. The summed E-state index contributed by atoms with van der Waals surface area (Å²) in [6, 6.07) is 14.0. The monoisotopic (exact) mass is 370 g/mol. The molecule has 0 aromatic heterocycles. The fraction of sp³-hybridized carbons (Fsp3) is 0.300. The highest BCUT2D eigenvalue weighted by molar-refractivity contribution is 5.77. The number of benzene rings is 2. The summed E-state index contributed by atoms with van der Waals surface area (Å²) in [5.74, 6) is 2.01. The maximum absolute atomic E-state index is 11.9. The van der Waals surface area contributed by atoms with Gasteiger partial charge >= 0.3 is 0 Å². The normalized spacial score (nSPS) is 9.81. The lowest BCUT2D eigenvalue weighted by Gasteiger charge is -2.11. The molecule has 7 heteroatoms. The molecule has 142 valence electrons. The Labute approximate surface area is 158 Å². The minimum atomic E-state index is -0.281. The molecule has 0 fully saturated rings. The highest BCUT2D eigenvalue weighted by Crippen LogP contribution is 2.27. The zero-order chi connectivity index (χ0) is 19.5. The Morgan fingerprint density at radius 1 is 1.04 bits per heavy atom. The van der Waals surface area contributed by atoms with Gasteiger partial charge in [-0.1, -0.05) is 0 Å². The van der Waals surface area contributed by atoms with Crippen LogP contribution in [0.1, 0.15) is 12.5 Å². The second kappa shape index (κ2) is 10.6. The Morgan fingerprint density at radius 3 is 2.37 bits per heavy atom. The van der Waals surface area contributed by atoms with Crippen molar-refractivity contribution in [1.82, 2.24) is 5.32 Å². The van der Waals surface area contributed by atoms with Crippen molar-refractivity contribution < 1.29 is 23.7 Å². The number of methoxy groups -OCH3 is 1. The summed E-state index contributed by atoms with van der Waals surface area (Å²) >= 11 is 0. The third-order valence-corrected chi connectivity index (χ3v) is 3.48. The van der Waals surface area contributed by atoms with E-state index in [0.29, 0.717) is 42.6 Å². The summed E-state index contributed by atoms with van der Waals surface area (Å²) in [6.07, 6.45) is 0. The standard InChI is InChI=1S/C20H22N2O5/c1-3-25-16-5-7-17(8-6-16)26-11-10-22-20(23)14-27-18-9-4-15(13-21)12-19(18)24-2/h4-9,12H,3,10-11,14H2,1-2H3,(H,22,23). The van der Waals surface area contributed by atoms with Gasteiger partial charge in [0, 0.05) is 6.07 Å². The molecular formula is C20H22N2O5. The summed E-state index contributed by atoms with van der Waals surface area (Å²) in [6.45, 7) is 3.06. The number of nitriles is 1. The highest BCUT2D eigenvalue weighted by Gasteiger charge is 2.08. The summed E-state index contributed by atoms with van der Waals surface area (Å²) in [4.78, 5) is 11.9. The van der Waals surface area contributed by atoms with Crippen LogP contribution in [0.25, 0.3) is 0 Å². The second-order valence-corrected chi connectivity index (χ2v) is 5.37. The zero-order valence-electron chi connectivity index (χ0n) is 15.4. The van der Waals surface area contributed by atoms with Gasteiger partial charge in [-0.25, -0.2) is 0 Å². The quantitative estimate of drug-likeness (QED) is 0.647. The number of ether oxygens (including phenoxy) is 4. The van der Waals surface area contributed by atoms with E-state index < -0.39 is 0 Å². The minimum absolute atomic E-state index is 0.161. The van der Waals surface area contributed by atoms with Gasteiger partial charge in [0.05, 0.1) is 31.9 Å². The lowest BCUT2D eigenvalue weighted by molar-refractivity contribution is -0.123. The summed E-state index contributed by atoms with van der Waals surface area (Å²) < 4.78 is 21.5. The molecule has 0 aliphatic carbocycles. The van der Waals surface area contributed by atoms with Crippen LogP contribution in [0.15, 0.2) is 42.5 Å². The lowest BCUT2D eigenvalue weighted by atomic mass is 10.2. The topological polar surface area (TPSA) is 89.8 Å². The fourth-order valence-electron chi connectivity index (χ4n) is 2.21. The largest absolute Gasteiger partial charge is 0.494 e. The van der Waals surface area contributed by atoms with Crippen LogP contribution >= 0.6 is 0 Å². The first-order valence-electron chi connectivity index (χ1n) is 8.49. The van der Waals surface area contributed by atoms with Gasteiger partial charge < -0.3 is 24.3 Å². The fourth-order valence-corrected chi connectivity index (χ4v) is 2.21. The first kappa shape index (κ1) is 19.9. The first-order chi connectivity index (χ1) is 13.2. The van der Waals surface area contributed by atoms with E-state index in [-0.39, 0.29) is 12.5 Å². The molecule has 0 saturated heterocycles. The van der Waals surface area contributed by atoms with Gasteiger partial charge in [-0.05, 0) is 43.3 Å². The van der Waals surface area contributed by atoms with Crippen molar-refractivity contribution in [3.05, 3.63) is 48.0 Å². The molecule has 0 spiro atoms. The average molecular weight is 370 g/mol. The number of hydrogen-bond donors (Lipinski definition) is 1. The van der Waals surface area contributed by atoms with E-state index in [1.54, 1.807) is 18.2 Å². The van der Waals surface area contributed by atoms with Crippen LogP contribution in [0.2, 0.25) is 0 Å². The van der Waals surface area contributed by atoms with Crippen LogP contribution in [0.5, 0.6) is 23.0 Å². The van der Waals surface area contributed by atoms with E-state index in [9.17, 15) is 4.79 Å². The van der Waals surface area contributed by atoms with Crippen molar-refractivity contribution >= 4 is 5.91 Å². The van der Waals surface area contributed by atoms with Crippen molar-refractivity contribution in [3.8, 4) is 29.1 Å². The molecule has 0 atom stereocenters. The van der Waals surface area contributed by atoms with Crippen molar-refractivity contribution in [2.75, 3.05) is 33.5 Å². The second-order valence-electron chi connectivity index (χ2n) is 5.37. The molecule has 0 bridgehead atoms. The van der Waals surface area contributed by atoms with Gasteiger partial charge in [-0.3, -0.25) is 4.79 Å².